The minimum absolute atomic E-state index is 0.0389. The summed E-state index contributed by atoms with van der Waals surface area (Å²) in [5.41, 5.74) is 2.37. The van der Waals surface area contributed by atoms with Gasteiger partial charge in [0, 0.05) is 53.6 Å². The molecule has 4 aromatic rings. The third-order valence-electron chi connectivity index (χ3n) is 4.74. The fraction of sp³-hybridized carbons (Fsp3) is 0.0455. The lowest BCUT2D eigenvalue weighted by Crippen LogP contribution is -2.02. The summed E-state index contributed by atoms with van der Waals surface area (Å²) in [6.07, 6.45) is 0. The van der Waals surface area contributed by atoms with Gasteiger partial charge >= 0.3 is 5.63 Å². The van der Waals surface area contributed by atoms with Gasteiger partial charge in [0.05, 0.1) is 15.5 Å². The van der Waals surface area contributed by atoms with E-state index in [9.17, 15) is 25.0 Å². The summed E-state index contributed by atoms with van der Waals surface area (Å²) in [6.45, 7) is 0.485. The first-order chi connectivity index (χ1) is 15.4. The van der Waals surface area contributed by atoms with E-state index >= 15 is 0 Å². The molecular formula is C22H16N4O6. The molecule has 0 amide bonds. The number of benzene rings is 3. The second-order valence-electron chi connectivity index (χ2n) is 6.90. The zero-order valence-corrected chi connectivity index (χ0v) is 16.5. The van der Waals surface area contributed by atoms with E-state index in [1.165, 1.54) is 36.4 Å². The van der Waals surface area contributed by atoms with Crippen LogP contribution in [0.2, 0.25) is 0 Å². The quantitative estimate of drug-likeness (QED) is 0.237. The molecule has 0 fully saturated rings. The largest absolute Gasteiger partial charge is 0.423 e. The summed E-state index contributed by atoms with van der Waals surface area (Å²) in [7, 11) is 0. The smallest absolute Gasteiger partial charge is 0.338 e. The number of fused-ring (bicyclic) bond motifs is 1. The van der Waals surface area contributed by atoms with Gasteiger partial charge in [-0.2, -0.15) is 0 Å². The van der Waals surface area contributed by atoms with Gasteiger partial charge in [-0.1, -0.05) is 12.1 Å². The van der Waals surface area contributed by atoms with E-state index < -0.39 is 15.5 Å². The Morgan fingerprint density at radius 3 is 2.06 bits per heavy atom. The van der Waals surface area contributed by atoms with E-state index in [1.807, 2.05) is 12.1 Å². The maximum Gasteiger partial charge on any atom is 0.338 e. The van der Waals surface area contributed by atoms with Crippen molar-refractivity contribution in [3.63, 3.8) is 0 Å². The van der Waals surface area contributed by atoms with Crippen molar-refractivity contribution in [2.24, 2.45) is 0 Å². The molecule has 0 saturated carbocycles. The Kier molecular flexibility index (Phi) is 5.49. The Labute approximate surface area is 180 Å². The number of nitro groups is 2. The second kappa shape index (κ2) is 8.56. The standard InChI is InChI=1S/C22H16N4O6/c27-22-12-20(19-11-18(26(30)31)9-10-21(19)32-22)24-16-5-3-15(4-6-16)23-13-14-1-7-17(8-2-14)25(28)29/h1-12,23-24H,13H2. The number of anilines is 3. The molecule has 1 aromatic heterocycles. The number of hydrogen-bond donors (Lipinski definition) is 2. The normalized spacial score (nSPS) is 10.6. The topological polar surface area (TPSA) is 141 Å². The van der Waals surface area contributed by atoms with Gasteiger partial charge in [-0.05, 0) is 35.9 Å². The van der Waals surface area contributed by atoms with Crippen molar-refractivity contribution in [2.45, 2.75) is 6.54 Å². The fourth-order valence-electron chi connectivity index (χ4n) is 3.13. The van der Waals surface area contributed by atoms with Gasteiger partial charge in [0.25, 0.3) is 11.4 Å². The molecule has 0 spiro atoms. The van der Waals surface area contributed by atoms with Crippen molar-refractivity contribution in [2.75, 3.05) is 10.6 Å². The second-order valence-corrected chi connectivity index (χ2v) is 6.90. The van der Waals surface area contributed by atoms with Crippen LogP contribution in [0.3, 0.4) is 0 Å². The van der Waals surface area contributed by atoms with Crippen molar-refractivity contribution in [1.82, 2.24) is 0 Å². The molecule has 0 saturated heterocycles. The van der Waals surface area contributed by atoms with Crippen LogP contribution in [0.25, 0.3) is 11.0 Å². The average molecular weight is 432 g/mol. The van der Waals surface area contributed by atoms with Gasteiger partial charge in [0.1, 0.15) is 5.58 Å². The molecule has 0 unspecified atom stereocenters. The molecule has 32 heavy (non-hydrogen) atoms. The zero-order valence-electron chi connectivity index (χ0n) is 16.5. The first kappa shape index (κ1) is 20.5. The molecule has 1 heterocycles. The van der Waals surface area contributed by atoms with Crippen LogP contribution in [0.1, 0.15) is 5.56 Å². The number of nitro benzene ring substituents is 2. The van der Waals surface area contributed by atoms with Crippen LogP contribution in [0, 0.1) is 20.2 Å². The average Bonchev–Trinajstić information content (AvgIpc) is 2.78. The van der Waals surface area contributed by atoms with Gasteiger partial charge in [0.2, 0.25) is 0 Å². The Morgan fingerprint density at radius 2 is 1.41 bits per heavy atom. The first-order valence-electron chi connectivity index (χ1n) is 9.46. The lowest BCUT2D eigenvalue weighted by Gasteiger charge is -2.11. The van der Waals surface area contributed by atoms with Crippen LogP contribution in [0.5, 0.6) is 0 Å². The van der Waals surface area contributed by atoms with Gasteiger partial charge < -0.3 is 15.1 Å². The summed E-state index contributed by atoms with van der Waals surface area (Å²) >= 11 is 0. The van der Waals surface area contributed by atoms with Crippen molar-refractivity contribution >= 4 is 39.4 Å². The third-order valence-corrected chi connectivity index (χ3v) is 4.74. The van der Waals surface area contributed by atoms with Crippen molar-refractivity contribution < 1.29 is 14.3 Å². The molecule has 160 valence electrons. The van der Waals surface area contributed by atoms with Crippen LogP contribution >= 0.6 is 0 Å². The maximum absolute atomic E-state index is 11.9. The Hall–Kier alpha value is -4.73. The summed E-state index contributed by atoms with van der Waals surface area (Å²) < 4.78 is 5.12. The predicted molar refractivity (Wildman–Crippen MR) is 119 cm³/mol. The zero-order chi connectivity index (χ0) is 22.7. The van der Waals surface area contributed by atoms with Gasteiger partial charge in [-0.25, -0.2) is 4.79 Å². The molecule has 4 rings (SSSR count). The number of non-ortho nitro benzene ring substituents is 2. The summed E-state index contributed by atoms with van der Waals surface area (Å²) in [4.78, 5) is 32.7. The lowest BCUT2D eigenvalue weighted by atomic mass is 10.1. The monoisotopic (exact) mass is 432 g/mol. The number of nitrogens with one attached hydrogen (secondary N) is 2. The SMILES string of the molecule is O=c1cc(Nc2ccc(NCc3ccc([N+](=O)[O-])cc3)cc2)c2cc([N+](=O)[O-])ccc2o1. The first-order valence-corrected chi connectivity index (χ1v) is 9.46. The van der Waals surface area contributed by atoms with Gasteiger partial charge in [-0.3, -0.25) is 20.2 Å². The van der Waals surface area contributed by atoms with Crippen LogP contribution in [-0.4, -0.2) is 9.85 Å². The van der Waals surface area contributed by atoms with Crippen LogP contribution in [-0.2, 0) is 6.54 Å². The van der Waals surface area contributed by atoms with E-state index in [1.54, 1.807) is 24.3 Å². The molecule has 10 nitrogen and oxygen atoms in total. The molecular weight excluding hydrogens is 416 g/mol. The summed E-state index contributed by atoms with van der Waals surface area (Å²) in [5, 5.41) is 28.5. The van der Waals surface area contributed by atoms with E-state index in [0.29, 0.717) is 23.3 Å². The van der Waals surface area contributed by atoms with E-state index in [0.717, 1.165) is 11.3 Å². The lowest BCUT2D eigenvalue weighted by molar-refractivity contribution is -0.385. The Bertz CT molecular complexity index is 1360. The van der Waals surface area contributed by atoms with Crippen LogP contribution in [0.15, 0.2) is 82.0 Å². The molecule has 0 aliphatic rings. The number of nitrogens with zero attached hydrogens (tertiary/aromatic N) is 2. The Balaban J connectivity index is 1.49. The summed E-state index contributed by atoms with van der Waals surface area (Å²) in [6, 6.07) is 18.8. The molecule has 2 N–H and O–H groups in total. The third kappa shape index (κ3) is 4.54. The molecule has 3 aromatic carbocycles. The predicted octanol–water partition coefficient (Wildman–Crippen LogP) is 4.97. The molecule has 0 atom stereocenters. The maximum atomic E-state index is 11.9. The summed E-state index contributed by atoms with van der Waals surface area (Å²) in [5.74, 6) is 0. The van der Waals surface area contributed by atoms with E-state index in [-0.39, 0.29) is 17.0 Å². The fourth-order valence-corrected chi connectivity index (χ4v) is 3.13. The van der Waals surface area contributed by atoms with Gasteiger partial charge in [-0.15, -0.1) is 0 Å². The highest BCUT2D eigenvalue weighted by atomic mass is 16.6. The van der Waals surface area contributed by atoms with Crippen molar-refractivity contribution in [3.05, 3.63) is 109 Å². The van der Waals surface area contributed by atoms with E-state index in [4.69, 9.17) is 4.42 Å². The Morgan fingerprint density at radius 1 is 0.781 bits per heavy atom. The van der Waals surface area contributed by atoms with E-state index in [2.05, 4.69) is 10.6 Å². The molecule has 0 aliphatic heterocycles. The van der Waals surface area contributed by atoms with Crippen molar-refractivity contribution in [1.29, 1.82) is 0 Å². The minimum Gasteiger partial charge on any atom is -0.423 e. The van der Waals surface area contributed by atoms with Crippen LogP contribution in [0.4, 0.5) is 28.4 Å². The van der Waals surface area contributed by atoms with Gasteiger partial charge in [0.15, 0.2) is 0 Å². The molecule has 0 aliphatic carbocycles. The molecule has 10 heteroatoms. The number of hydrogen-bond acceptors (Lipinski definition) is 8. The highest BCUT2D eigenvalue weighted by Gasteiger charge is 2.12. The highest BCUT2D eigenvalue weighted by Crippen LogP contribution is 2.29. The molecule has 0 bridgehead atoms. The minimum atomic E-state index is -0.574. The van der Waals surface area contributed by atoms with Crippen molar-refractivity contribution in [3.8, 4) is 0 Å². The number of rotatable bonds is 7. The highest BCUT2D eigenvalue weighted by molar-refractivity contribution is 5.93. The molecule has 0 radical (unpaired) electrons. The van der Waals surface area contributed by atoms with Crippen LogP contribution < -0.4 is 16.3 Å².